The summed E-state index contributed by atoms with van der Waals surface area (Å²) in [5.41, 5.74) is 0.710. The van der Waals surface area contributed by atoms with Crippen molar-refractivity contribution in [1.29, 1.82) is 0 Å². The Balaban J connectivity index is 0. The Bertz CT molecular complexity index is 414. The van der Waals surface area contributed by atoms with E-state index < -0.39 is 0 Å². The highest BCUT2D eigenvalue weighted by Gasteiger charge is 2.19. The zero-order chi connectivity index (χ0) is 18.4. The molecular formula is C22H38N+. The van der Waals surface area contributed by atoms with Gasteiger partial charge in [-0.1, -0.05) is 84.0 Å². The molecule has 0 spiro atoms. The molecule has 0 aliphatic heterocycles. The summed E-state index contributed by atoms with van der Waals surface area (Å²) in [6, 6.07) is 18.1. The second-order valence-corrected chi connectivity index (χ2v) is 7.61. The Morgan fingerprint density at radius 1 is 0.478 bits per heavy atom. The molecule has 1 aromatic heterocycles. The molecule has 0 aliphatic rings. The van der Waals surface area contributed by atoms with Crippen LogP contribution in [-0.2, 0) is 5.54 Å². The molecule has 1 aromatic carbocycles. The fourth-order valence-electron chi connectivity index (χ4n) is 1.23. The van der Waals surface area contributed by atoms with Crippen LogP contribution >= 0.6 is 0 Å². The van der Waals surface area contributed by atoms with Crippen molar-refractivity contribution in [3.05, 3.63) is 67.0 Å². The van der Waals surface area contributed by atoms with Crippen molar-refractivity contribution < 1.29 is 4.57 Å². The van der Waals surface area contributed by atoms with E-state index in [0.29, 0.717) is 5.41 Å². The Labute approximate surface area is 145 Å². The molecular weight excluding hydrogens is 278 g/mol. The van der Waals surface area contributed by atoms with Crippen LogP contribution in [0.2, 0.25) is 0 Å². The standard InChI is InChI=1S/C9H14N.C6H6.C5H12.C2H6/c1-9(2,3)10-7-5-4-6-8-10;1-2-4-6-5-3-1;1-5(2,3)4;1-2/h4-8H,1-3H3;1-6H;1-4H3;1-2H3/q+1;;;. The maximum atomic E-state index is 2.19. The van der Waals surface area contributed by atoms with Gasteiger partial charge in [-0.15, -0.1) is 0 Å². The normalized spacial score (nSPS) is 9.96. The molecule has 2 rings (SSSR count). The van der Waals surface area contributed by atoms with Crippen LogP contribution in [0.1, 0.15) is 62.3 Å². The summed E-state index contributed by atoms with van der Waals surface area (Å²) in [7, 11) is 0. The van der Waals surface area contributed by atoms with Gasteiger partial charge >= 0.3 is 0 Å². The largest absolute Gasteiger partial charge is 0.201 e. The Morgan fingerprint density at radius 3 is 0.870 bits per heavy atom. The van der Waals surface area contributed by atoms with Gasteiger partial charge in [0.05, 0.1) is 0 Å². The molecule has 1 heterocycles. The van der Waals surface area contributed by atoms with Gasteiger partial charge in [0.15, 0.2) is 17.9 Å². The molecule has 23 heavy (non-hydrogen) atoms. The fraction of sp³-hybridized carbons (Fsp3) is 0.500. The van der Waals surface area contributed by atoms with Gasteiger partial charge in [0.2, 0.25) is 0 Å². The predicted octanol–water partition coefficient (Wildman–Crippen LogP) is 6.49. The summed E-state index contributed by atoms with van der Waals surface area (Å²) in [6.45, 7) is 19.3. The van der Waals surface area contributed by atoms with Crippen molar-refractivity contribution in [1.82, 2.24) is 0 Å². The van der Waals surface area contributed by atoms with Crippen LogP contribution in [0, 0.1) is 5.41 Å². The maximum absolute atomic E-state index is 2.19. The van der Waals surface area contributed by atoms with Crippen molar-refractivity contribution in [2.24, 2.45) is 5.41 Å². The molecule has 130 valence electrons. The molecule has 1 nitrogen and oxygen atoms in total. The second kappa shape index (κ2) is 12.9. The highest BCUT2D eigenvalue weighted by Crippen LogP contribution is 2.08. The molecule has 1 heteroatoms. The SMILES string of the molecule is CC.CC(C)(C)C.CC(C)(C)[n+]1ccccc1.c1ccccc1. The lowest BCUT2D eigenvalue weighted by molar-refractivity contribution is -0.754. The molecule has 0 saturated heterocycles. The minimum atomic E-state index is 0.210. The average Bonchev–Trinajstić information content (AvgIpc) is 2.50. The van der Waals surface area contributed by atoms with E-state index in [1.807, 2.05) is 68.4 Å². The van der Waals surface area contributed by atoms with Crippen LogP contribution in [0.4, 0.5) is 0 Å². The lowest BCUT2D eigenvalue weighted by Gasteiger charge is -2.11. The van der Waals surface area contributed by atoms with Crippen LogP contribution in [0.15, 0.2) is 67.0 Å². The van der Waals surface area contributed by atoms with Gasteiger partial charge in [-0.05, 0) is 5.41 Å². The van der Waals surface area contributed by atoms with E-state index in [1.165, 1.54) is 0 Å². The maximum Gasteiger partial charge on any atom is 0.169 e. The molecule has 0 saturated carbocycles. The van der Waals surface area contributed by atoms with Crippen molar-refractivity contribution in [3.63, 3.8) is 0 Å². The van der Waals surface area contributed by atoms with Crippen molar-refractivity contribution >= 4 is 0 Å². The van der Waals surface area contributed by atoms with E-state index in [4.69, 9.17) is 0 Å². The highest BCUT2D eigenvalue weighted by molar-refractivity contribution is 4.99. The monoisotopic (exact) mass is 316 g/mol. The third-order valence-corrected chi connectivity index (χ3v) is 2.16. The molecule has 0 bridgehead atoms. The summed E-state index contributed by atoms with van der Waals surface area (Å²) in [5.74, 6) is 0. The van der Waals surface area contributed by atoms with Gasteiger partial charge in [0.25, 0.3) is 0 Å². The predicted molar refractivity (Wildman–Crippen MR) is 105 cm³/mol. The smallest absolute Gasteiger partial charge is 0.169 e. The second-order valence-electron chi connectivity index (χ2n) is 7.61. The van der Waals surface area contributed by atoms with Gasteiger partial charge in [0.1, 0.15) is 0 Å². The first-order valence-corrected chi connectivity index (χ1v) is 8.57. The van der Waals surface area contributed by atoms with E-state index in [0.717, 1.165) is 0 Å². The zero-order valence-electron chi connectivity index (χ0n) is 16.8. The number of hydrogen-bond acceptors (Lipinski definition) is 0. The van der Waals surface area contributed by atoms with E-state index in [-0.39, 0.29) is 5.54 Å². The molecule has 2 aromatic rings. The van der Waals surface area contributed by atoms with E-state index in [1.54, 1.807) is 0 Å². The first-order valence-electron chi connectivity index (χ1n) is 8.57. The number of nitrogens with zero attached hydrogens (tertiary/aromatic N) is 1. The minimum absolute atomic E-state index is 0.210. The lowest BCUT2D eigenvalue weighted by Crippen LogP contribution is -2.49. The first-order chi connectivity index (χ1) is 10.6. The average molecular weight is 317 g/mol. The van der Waals surface area contributed by atoms with Crippen molar-refractivity contribution in [2.45, 2.75) is 67.9 Å². The van der Waals surface area contributed by atoms with Crippen LogP contribution < -0.4 is 4.57 Å². The highest BCUT2D eigenvalue weighted by atomic mass is 15.0. The fourth-order valence-corrected chi connectivity index (χ4v) is 1.23. The van der Waals surface area contributed by atoms with Crippen molar-refractivity contribution in [3.8, 4) is 0 Å². The molecule has 0 aliphatic carbocycles. The molecule has 0 amide bonds. The molecule has 0 fully saturated rings. The first kappa shape index (κ1) is 23.6. The van der Waals surface area contributed by atoms with Gasteiger partial charge in [-0.3, -0.25) is 0 Å². The van der Waals surface area contributed by atoms with Crippen LogP contribution in [0.25, 0.3) is 0 Å². The van der Waals surface area contributed by atoms with E-state index >= 15 is 0 Å². The summed E-state index contributed by atoms with van der Waals surface area (Å²) in [4.78, 5) is 0. The van der Waals surface area contributed by atoms with E-state index in [9.17, 15) is 0 Å². The summed E-state index contributed by atoms with van der Waals surface area (Å²) < 4.78 is 2.19. The van der Waals surface area contributed by atoms with Crippen LogP contribution in [0.3, 0.4) is 0 Å². The van der Waals surface area contributed by atoms with Gasteiger partial charge in [0, 0.05) is 32.9 Å². The van der Waals surface area contributed by atoms with Crippen LogP contribution in [-0.4, -0.2) is 0 Å². The van der Waals surface area contributed by atoms with E-state index in [2.05, 4.69) is 65.4 Å². The summed E-state index contributed by atoms with van der Waals surface area (Å²) in [5, 5.41) is 0. The molecule has 0 atom stereocenters. The quantitative estimate of drug-likeness (QED) is 0.489. The number of rotatable bonds is 0. The third-order valence-electron chi connectivity index (χ3n) is 2.16. The number of benzene rings is 1. The number of aromatic nitrogens is 1. The molecule has 0 unspecified atom stereocenters. The third kappa shape index (κ3) is 20.4. The minimum Gasteiger partial charge on any atom is -0.201 e. The van der Waals surface area contributed by atoms with Gasteiger partial charge in [-0.25, -0.2) is 4.57 Å². The zero-order valence-corrected chi connectivity index (χ0v) is 16.8. The Hall–Kier alpha value is -1.63. The Morgan fingerprint density at radius 2 is 0.696 bits per heavy atom. The molecule has 0 radical (unpaired) electrons. The van der Waals surface area contributed by atoms with Gasteiger partial charge in [-0.2, -0.15) is 0 Å². The summed E-state index contributed by atoms with van der Waals surface area (Å²) >= 11 is 0. The van der Waals surface area contributed by atoms with Gasteiger partial charge < -0.3 is 0 Å². The lowest BCUT2D eigenvalue weighted by atomic mass is 10.0. The number of pyridine rings is 1. The topological polar surface area (TPSA) is 3.88 Å². The van der Waals surface area contributed by atoms with Crippen LogP contribution in [0.5, 0.6) is 0 Å². The summed E-state index contributed by atoms with van der Waals surface area (Å²) in [6.07, 6.45) is 4.17. The van der Waals surface area contributed by atoms with Crippen molar-refractivity contribution in [2.75, 3.05) is 0 Å². The molecule has 0 N–H and O–H groups in total. The Kier molecular flexibility index (Phi) is 13.2. The number of hydrogen-bond donors (Lipinski definition) is 0.